The van der Waals surface area contributed by atoms with Crippen LogP contribution < -0.4 is 29.4 Å². The van der Waals surface area contributed by atoms with Gasteiger partial charge in [0.2, 0.25) is 0 Å². The van der Waals surface area contributed by atoms with E-state index in [9.17, 15) is 0 Å². The summed E-state index contributed by atoms with van der Waals surface area (Å²) in [7, 11) is 4.73. The number of likely N-dealkylation sites (tertiary alicyclic amines) is 2. The van der Waals surface area contributed by atoms with Crippen molar-refractivity contribution in [2.45, 2.75) is 39.2 Å². The van der Waals surface area contributed by atoms with Crippen LogP contribution in [0.1, 0.15) is 38.2 Å². The highest BCUT2D eigenvalue weighted by molar-refractivity contribution is 5.13. The normalized spacial score (nSPS) is 20.7. The van der Waals surface area contributed by atoms with Crippen molar-refractivity contribution in [2.24, 2.45) is 0 Å². The van der Waals surface area contributed by atoms with Crippen LogP contribution in [0.5, 0.6) is 0 Å². The molecule has 2 heterocycles. The largest absolute Gasteiger partial charge is 1.00 e. The molecule has 1 aromatic carbocycles. The second-order valence-electron chi connectivity index (χ2n) is 7.51. The number of rotatable bonds is 3. The molecule has 0 amide bonds. The first-order valence-electron chi connectivity index (χ1n) is 8.76. The first-order chi connectivity index (χ1) is 10.1. The van der Waals surface area contributed by atoms with Crippen molar-refractivity contribution < 1.29 is 38.4 Å². The Hall–Kier alpha value is -0.0900. The van der Waals surface area contributed by atoms with E-state index in [0.29, 0.717) is 0 Å². The van der Waals surface area contributed by atoms with Crippen LogP contribution in [0.15, 0.2) is 30.3 Å². The summed E-state index contributed by atoms with van der Waals surface area (Å²) in [6.45, 7) is 10.4. The van der Waals surface area contributed by atoms with Gasteiger partial charge in [0, 0.05) is 31.2 Å². The Morgan fingerprint density at radius 3 is 1.61 bits per heavy atom. The molecule has 2 aliphatic rings. The Balaban J connectivity index is 0.000000425. The van der Waals surface area contributed by atoms with E-state index in [4.69, 9.17) is 0 Å². The minimum Gasteiger partial charge on any atom is -1.00 e. The predicted octanol–water partition coefficient (Wildman–Crippen LogP) is -2.32. The third-order valence-electron chi connectivity index (χ3n) is 5.46. The summed E-state index contributed by atoms with van der Waals surface area (Å²) in [6.07, 6.45) is 5.71. The Kier molecular flexibility index (Phi) is 10.7. The maximum atomic E-state index is 2.38. The summed E-state index contributed by atoms with van der Waals surface area (Å²) in [6, 6.07) is 10.8. The Bertz CT molecular complexity index is 413. The van der Waals surface area contributed by atoms with Gasteiger partial charge in [-0.25, -0.2) is 0 Å². The lowest BCUT2D eigenvalue weighted by molar-refractivity contribution is -0.910. The third-order valence-corrected chi connectivity index (χ3v) is 5.46. The predicted molar refractivity (Wildman–Crippen MR) is 91.0 cm³/mol. The van der Waals surface area contributed by atoms with Gasteiger partial charge in [-0.1, -0.05) is 30.3 Å². The fraction of sp³-hybridized carbons (Fsp3) is 0.684. The van der Waals surface area contributed by atoms with Gasteiger partial charge < -0.3 is 38.4 Å². The molecular weight excluding hydrogens is 372 g/mol. The summed E-state index contributed by atoms with van der Waals surface area (Å²) < 4.78 is 2.56. The lowest BCUT2D eigenvalue weighted by Gasteiger charge is -2.29. The molecule has 2 nitrogen and oxygen atoms in total. The summed E-state index contributed by atoms with van der Waals surface area (Å²) in [5, 5.41) is 0. The first kappa shape index (κ1) is 22.9. The van der Waals surface area contributed by atoms with Crippen LogP contribution in [0.2, 0.25) is 0 Å². The monoisotopic (exact) mass is 404 g/mol. The molecule has 4 heteroatoms. The molecule has 2 fully saturated rings. The first-order valence-corrected chi connectivity index (χ1v) is 8.76. The van der Waals surface area contributed by atoms with Crippen LogP contribution in [0.4, 0.5) is 0 Å². The fourth-order valence-corrected chi connectivity index (χ4v) is 3.70. The molecular formula is C19H34BrClN2. The molecule has 0 spiro atoms. The standard InChI is InChI=1S/C12H18N.C7H16N.BrH.ClH/c1-13(9-5-6-10-13)11-12-7-3-2-4-8-12;1-3-8(2)6-4-5-7-8;;/h2-4,7-8H,5-6,9-11H2,1H3;3-7H2,1-2H3;2*1H/q2*+1;;/p-2. The molecule has 0 bridgehead atoms. The number of halogens is 2. The van der Waals surface area contributed by atoms with Crippen molar-refractivity contribution in [3.8, 4) is 0 Å². The maximum Gasteiger partial charge on any atom is 0.104 e. The summed E-state index contributed by atoms with van der Waals surface area (Å²) >= 11 is 0. The smallest absolute Gasteiger partial charge is 0.104 e. The van der Waals surface area contributed by atoms with E-state index in [1.54, 1.807) is 0 Å². The number of benzene rings is 1. The van der Waals surface area contributed by atoms with Gasteiger partial charge >= 0.3 is 0 Å². The second-order valence-corrected chi connectivity index (χ2v) is 7.51. The highest BCUT2D eigenvalue weighted by Crippen LogP contribution is 2.20. The molecule has 134 valence electrons. The Morgan fingerprint density at radius 2 is 1.22 bits per heavy atom. The van der Waals surface area contributed by atoms with Crippen molar-refractivity contribution in [1.82, 2.24) is 0 Å². The van der Waals surface area contributed by atoms with Crippen LogP contribution in [-0.2, 0) is 6.54 Å². The van der Waals surface area contributed by atoms with Gasteiger partial charge in [-0.05, 0) is 6.92 Å². The lowest BCUT2D eigenvalue weighted by Crippen LogP contribution is -3.00. The van der Waals surface area contributed by atoms with E-state index in [1.165, 1.54) is 79.5 Å². The third kappa shape index (κ3) is 7.55. The van der Waals surface area contributed by atoms with Crippen LogP contribution >= 0.6 is 0 Å². The molecule has 0 aromatic heterocycles. The van der Waals surface area contributed by atoms with Crippen molar-refractivity contribution in [3.05, 3.63) is 35.9 Å². The summed E-state index contributed by atoms with van der Waals surface area (Å²) in [5.74, 6) is 0. The SMILES string of the molecule is CC[N+]1(C)CCCC1.C[N+]1(Cc2ccccc2)CCCC1.[Br-].[Cl-]. The van der Waals surface area contributed by atoms with Crippen LogP contribution in [0, 0.1) is 0 Å². The zero-order valence-electron chi connectivity index (χ0n) is 15.1. The van der Waals surface area contributed by atoms with Crippen molar-refractivity contribution in [2.75, 3.05) is 46.8 Å². The van der Waals surface area contributed by atoms with Gasteiger partial charge in [-0.2, -0.15) is 0 Å². The molecule has 0 N–H and O–H groups in total. The zero-order chi connectivity index (χ0) is 15.2. The number of hydrogen-bond donors (Lipinski definition) is 0. The number of hydrogen-bond acceptors (Lipinski definition) is 0. The van der Waals surface area contributed by atoms with Gasteiger partial charge in [0.05, 0.1) is 46.8 Å². The van der Waals surface area contributed by atoms with E-state index < -0.39 is 0 Å². The van der Waals surface area contributed by atoms with E-state index in [0.717, 1.165) is 0 Å². The Morgan fingerprint density at radius 1 is 0.783 bits per heavy atom. The van der Waals surface area contributed by atoms with E-state index in [-0.39, 0.29) is 29.4 Å². The van der Waals surface area contributed by atoms with Crippen molar-refractivity contribution in [1.29, 1.82) is 0 Å². The van der Waals surface area contributed by atoms with E-state index in [1.807, 2.05) is 0 Å². The van der Waals surface area contributed by atoms with Gasteiger partial charge in [0.15, 0.2) is 0 Å². The number of nitrogens with zero attached hydrogens (tertiary/aromatic N) is 2. The van der Waals surface area contributed by atoms with E-state index in [2.05, 4.69) is 51.4 Å². The molecule has 2 aliphatic heterocycles. The molecule has 0 aliphatic carbocycles. The van der Waals surface area contributed by atoms with E-state index >= 15 is 0 Å². The van der Waals surface area contributed by atoms with Crippen LogP contribution in [0.3, 0.4) is 0 Å². The quantitative estimate of drug-likeness (QED) is 0.496. The van der Waals surface area contributed by atoms with Gasteiger partial charge in [-0.3, -0.25) is 0 Å². The minimum atomic E-state index is 0. The molecule has 1 aromatic rings. The maximum absolute atomic E-state index is 2.38. The molecule has 0 atom stereocenters. The zero-order valence-corrected chi connectivity index (χ0v) is 17.5. The molecule has 0 unspecified atom stereocenters. The fourth-order valence-electron chi connectivity index (χ4n) is 3.70. The highest BCUT2D eigenvalue weighted by Gasteiger charge is 2.26. The average molecular weight is 406 g/mol. The van der Waals surface area contributed by atoms with Gasteiger partial charge in [0.1, 0.15) is 6.54 Å². The molecule has 23 heavy (non-hydrogen) atoms. The van der Waals surface area contributed by atoms with Gasteiger partial charge in [-0.15, -0.1) is 0 Å². The average Bonchev–Trinajstić information content (AvgIpc) is 3.11. The van der Waals surface area contributed by atoms with Gasteiger partial charge in [0.25, 0.3) is 0 Å². The molecule has 3 rings (SSSR count). The minimum absolute atomic E-state index is 0. The molecule has 0 saturated carbocycles. The lowest BCUT2D eigenvalue weighted by atomic mass is 10.2. The van der Waals surface area contributed by atoms with Crippen LogP contribution in [0.25, 0.3) is 0 Å². The molecule has 2 saturated heterocycles. The van der Waals surface area contributed by atoms with Crippen molar-refractivity contribution >= 4 is 0 Å². The van der Waals surface area contributed by atoms with Crippen molar-refractivity contribution in [3.63, 3.8) is 0 Å². The van der Waals surface area contributed by atoms with Crippen LogP contribution in [-0.4, -0.2) is 55.8 Å². The Labute approximate surface area is 160 Å². The summed E-state index contributed by atoms with van der Waals surface area (Å²) in [4.78, 5) is 0. The number of quaternary nitrogens is 2. The molecule has 0 radical (unpaired) electrons. The highest BCUT2D eigenvalue weighted by atomic mass is 79.9. The summed E-state index contributed by atoms with van der Waals surface area (Å²) in [5.41, 5.74) is 1.48. The second kappa shape index (κ2) is 10.7. The topological polar surface area (TPSA) is 0 Å².